The molecule has 0 bridgehead atoms. The van der Waals surface area contributed by atoms with Crippen LogP contribution in [-0.2, 0) is 15.1 Å². The number of carbonyl (C=O) groups excluding carboxylic acids is 1. The summed E-state index contributed by atoms with van der Waals surface area (Å²) in [5, 5.41) is 12.4. The second-order valence-corrected chi connectivity index (χ2v) is 5.56. The third-order valence-corrected chi connectivity index (χ3v) is 4.50. The van der Waals surface area contributed by atoms with Crippen molar-refractivity contribution in [3.63, 3.8) is 0 Å². The summed E-state index contributed by atoms with van der Waals surface area (Å²) in [6.45, 7) is 0.651. The number of allylic oxidation sites excluding steroid dienone is 3. The maximum absolute atomic E-state index is 11.4. The van der Waals surface area contributed by atoms with Gasteiger partial charge in [-0.15, -0.1) is 0 Å². The first-order chi connectivity index (χ1) is 9.06. The number of amides is 1. The maximum Gasteiger partial charge on any atom is 0.250 e. The molecule has 0 aromatic rings. The Bertz CT molecular complexity index is 569. The third kappa shape index (κ3) is 2.63. The molecule has 1 fully saturated rings. The van der Waals surface area contributed by atoms with Gasteiger partial charge in [0.2, 0.25) is 16.2 Å². The Morgan fingerprint density at radius 1 is 1.53 bits per heavy atom. The molecule has 1 aliphatic carbocycles. The van der Waals surface area contributed by atoms with Crippen LogP contribution in [0.3, 0.4) is 0 Å². The number of hydrogen-bond acceptors (Lipinski definition) is 5. The predicted molar refractivity (Wildman–Crippen MR) is 70.8 cm³/mol. The first kappa shape index (κ1) is 14.0. The fraction of sp³-hybridized carbons (Fsp3) is 0.500. The molecule has 4 N–H and O–H groups in total. The van der Waals surface area contributed by atoms with Gasteiger partial charge in [0.15, 0.2) is 0 Å². The van der Waals surface area contributed by atoms with Gasteiger partial charge in [0, 0.05) is 12.0 Å². The van der Waals surface area contributed by atoms with Gasteiger partial charge < -0.3 is 16.2 Å². The van der Waals surface area contributed by atoms with Crippen molar-refractivity contribution >= 4 is 21.1 Å². The Balaban J connectivity index is 2.42. The zero-order chi connectivity index (χ0) is 14.0. The van der Waals surface area contributed by atoms with Crippen LogP contribution in [0, 0.1) is 11.8 Å². The predicted octanol–water partition coefficient (Wildman–Crippen LogP) is -1.39. The van der Waals surface area contributed by atoms with E-state index in [-0.39, 0.29) is 29.0 Å². The van der Waals surface area contributed by atoms with Crippen molar-refractivity contribution in [2.24, 2.45) is 17.6 Å². The minimum absolute atomic E-state index is 0.0298. The molecule has 2 unspecified atom stereocenters. The van der Waals surface area contributed by atoms with Crippen molar-refractivity contribution in [3.8, 4) is 0 Å². The maximum atomic E-state index is 11.4. The first-order valence-electron chi connectivity index (χ1n) is 6.05. The SMILES string of the molecule is NC(=O)C1=CC=CC(C2CCN[C@@H]2CO)C1=S(=O)=O. The van der Waals surface area contributed by atoms with Gasteiger partial charge >= 0.3 is 0 Å². The van der Waals surface area contributed by atoms with Gasteiger partial charge in [-0.25, -0.2) is 0 Å². The number of carbonyl (C=O) groups is 1. The fourth-order valence-electron chi connectivity index (χ4n) is 2.78. The van der Waals surface area contributed by atoms with Crippen LogP contribution in [0.1, 0.15) is 6.42 Å². The number of rotatable bonds is 3. The van der Waals surface area contributed by atoms with Crippen LogP contribution < -0.4 is 11.1 Å². The molecule has 2 rings (SSSR count). The molecular weight excluding hydrogens is 268 g/mol. The lowest BCUT2D eigenvalue weighted by Crippen LogP contribution is -2.39. The lowest BCUT2D eigenvalue weighted by Gasteiger charge is -2.27. The van der Waals surface area contributed by atoms with E-state index in [1.54, 1.807) is 12.2 Å². The molecule has 6 nitrogen and oxygen atoms in total. The first-order valence-corrected chi connectivity index (χ1v) is 7.12. The van der Waals surface area contributed by atoms with E-state index >= 15 is 0 Å². The summed E-state index contributed by atoms with van der Waals surface area (Å²) in [5.74, 6) is -1.23. The van der Waals surface area contributed by atoms with E-state index in [0.717, 1.165) is 6.42 Å². The van der Waals surface area contributed by atoms with E-state index in [4.69, 9.17) is 5.73 Å². The molecule has 3 atom stereocenters. The average Bonchev–Trinajstić information content (AvgIpc) is 2.85. The average molecular weight is 284 g/mol. The van der Waals surface area contributed by atoms with Gasteiger partial charge in [-0.2, -0.15) is 8.42 Å². The molecule has 7 heteroatoms. The van der Waals surface area contributed by atoms with E-state index in [0.29, 0.717) is 6.54 Å². The number of primary amides is 1. The molecule has 1 saturated heterocycles. The van der Waals surface area contributed by atoms with Crippen LogP contribution in [0.2, 0.25) is 0 Å². The van der Waals surface area contributed by atoms with Gasteiger partial charge in [-0.1, -0.05) is 12.2 Å². The molecule has 104 valence electrons. The molecule has 1 aliphatic heterocycles. The van der Waals surface area contributed by atoms with Crippen LogP contribution in [0.25, 0.3) is 0 Å². The van der Waals surface area contributed by atoms with Gasteiger partial charge in [-0.3, -0.25) is 4.79 Å². The Morgan fingerprint density at radius 2 is 2.26 bits per heavy atom. The number of hydrogen-bond donors (Lipinski definition) is 3. The van der Waals surface area contributed by atoms with Crippen molar-refractivity contribution in [1.82, 2.24) is 5.32 Å². The second-order valence-electron chi connectivity index (χ2n) is 4.65. The van der Waals surface area contributed by atoms with E-state index in [9.17, 15) is 18.3 Å². The zero-order valence-electron chi connectivity index (χ0n) is 10.2. The van der Waals surface area contributed by atoms with E-state index in [1.807, 2.05) is 0 Å². The smallest absolute Gasteiger partial charge is 0.250 e. The normalized spacial score (nSPS) is 30.3. The van der Waals surface area contributed by atoms with Crippen LogP contribution in [0.5, 0.6) is 0 Å². The van der Waals surface area contributed by atoms with Crippen molar-refractivity contribution in [2.75, 3.05) is 13.2 Å². The highest BCUT2D eigenvalue weighted by atomic mass is 32.2. The summed E-state index contributed by atoms with van der Waals surface area (Å²) < 4.78 is 22.9. The van der Waals surface area contributed by atoms with Crippen molar-refractivity contribution in [3.05, 3.63) is 23.8 Å². The largest absolute Gasteiger partial charge is 0.395 e. The minimum Gasteiger partial charge on any atom is -0.395 e. The van der Waals surface area contributed by atoms with Crippen molar-refractivity contribution in [1.29, 1.82) is 0 Å². The summed E-state index contributed by atoms with van der Waals surface area (Å²) in [5.41, 5.74) is 5.26. The number of nitrogens with one attached hydrogen (secondary N) is 1. The Kier molecular flexibility index (Phi) is 4.18. The third-order valence-electron chi connectivity index (χ3n) is 3.65. The number of aliphatic hydroxyl groups excluding tert-OH is 1. The molecule has 0 spiro atoms. The summed E-state index contributed by atoms with van der Waals surface area (Å²) >= 11 is 0. The standard InChI is InChI=1S/C12H16N2O4S/c13-12(16)9-3-1-2-8(11(9)19(17)18)7-4-5-14-10(7)6-15/h1-3,7-8,10,14-15H,4-6H2,(H2,13,16)/t7?,8?,10-/m1/s1. The molecule has 0 saturated carbocycles. The summed E-state index contributed by atoms with van der Waals surface area (Å²) in [6, 6.07) is -0.166. The van der Waals surface area contributed by atoms with Crippen LogP contribution in [0.4, 0.5) is 0 Å². The Morgan fingerprint density at radius 3 is 2.84 bits per heavy atom. The van der Waals surface area contributed by atoms with Gasteiger partial charge in [0.25, 0.3) is 0 Å². The molecular formula is C12H16N2O4S. The van der Waals surface area contributed by atoms with Gasteiger partial charge in [0.1, 0.15) is 0 Å². The zero-order valence-corrected chi connectivity index (χ0v) is 11.1. The highest BCUT2D eigenvalue weighted by molar-refractivity contribution is 7.73. The van der Waals surface area contributed by atoms with E-state index in [1.165, 1.54) is 6.08 Å². The highest BCUT2D eigenvalue weighted by Gasteiger charge is 2.37. The lowest BCUT2D eigenvalue weighted by atomic mass is 9.79. The van der Waals surface area contributed by atoms with Crippen molar-refractivity contribution in [2.45, 2.75) is 12.5 Å². The van der Waals surface area contributed by atoms with Crippen LogP contribution in [-0.4, -0.2) is 43.5 Å². The molecule has 19 heavy (non-hydrogen) atoms. The summed E-state index contributed by atoms with van der Waals surface area (Å²) in [7, 11) is -2.51. The Labute approximate surface area is 112 Å². The number of aliphatic hydroxyl groups is 1. The lowest BCUT2D eigenvalue weighted by molar-refractivity contribution is -0.114. The molecule has 1 amide bonds. The van der Waals surface area contributed by atoms with Gasteiger partial charge in [-0.05, 0) is 25.0 Å². The monoisotopic (exact) mass is 284 g/mol. The van der Waals surface area contributed by atoms with E-state index < -0.39 is 22.1 Å². The molecule has 0 radical (unpaired) electrons. The quantitative estimate of drug-likeness (QED) is 0.553. The fourth-order valence-corrected chi connectivity index (χ4v) is 3.60. The van der Waals surface area contributed by atoms with Crippen LogP contribution >= 0.6 is 0 Å². The molecule has 0 aromatic carbocycles. The topological polar surface area (TPSA) is 109 Å². The molecule has 1 heterocycles. The minimum atomic E-state index is -2.51. The number of nitrogens with two attached hydrogens (primary N) is 1. The molecule has 0 aromatic heterocycles. The summed E-state index contributed by atoms with van der Waals surface area (Å²) in [4.78, 5) is 11.4. The highest BCUT2D eigenvalue weighted by Crippen LogP contribution is 2.30. The van der Waals surface area contributed by atoms with Gasteiger partial charge in [0.05, 0.1) is 17.0 Å². The second kappa shape index (κ2) is 5.68. The summed E-state index contributed by atoms with van der Waals surface area (Å²) in [6.07, 6.45) is 5.55. The molecule has 2 aliphatic rings. The van der Waals surface area contributed by atoms with E-state index in [2.05, 4.69) is 5.32 Å². The van der Waals surface area contributed by atoms with Crippen molar-refractivity contribution < 1.29 is 18.3 Å². The van der Waals surface area contributed by atoms with Crippen LogP contribution in [0.15, 0.2) is 23.8 Å². The Hall–Kier alpha value is -1.44.